The lowest BCUT2D eigenvalue weighted by Crippen LogP contribution is -2.29. The predicted octanol–water partition coefficient (Wildman–Crippen LogP) is 11.6. The molecule has 0 heterocycles. The molecule has 0 aromatic rings. The van der Waals surface area contributed by atoms with Gasteiger partial charge in [0.25, 0.3) is 0 Å². The lowest BCUT2D eigenvalue weighted by atomic mass is 10.1. The molecule has 0 aliphatic heterocycles. The second-order valence-electron chi connectivity index (χ2n) is 13.8. The van der Waals surface area contributed by atoms with E-state index in [1.807, 2.05) is 6.92 Å². The van der Waals surface area contributed by atoms with E-state index in [0.717, 1.165) is 122 Å². The molecule has 0 saturated heterocycles. The van der Waals surface area contributed by atoms with Gasteiger partial charge in [-0.15, -0.1) is 0 Å². The molecule has 9 heteroatoms. The van der Waals surface area contributed by atoms with E-state index < -0.39 is 7.82 Å². The van der Waals surface area contributed by atoms with E-state index in [-0.39, 0.29) is 18.7 Å². The number of rotatable bonds is 39. The Labute approximate surface area is 297 Å². The Morgan fingerprint density at radius 2 is 0.958 bits per heavy atom. The van der Waals surface area contributed by atoms with Gasteiger partial charge in [-0.3, -0.25) is 18.4 Å². The third-order valence-corrected chi connectivity index (χ3v) is 10.4. The summed E-state index contributed by atoms with van der Waals surface area (Å²) in [6.07, 6.45) is 28.2. The summed E-state index contributed by atoms with van der Waals surface area (Å²) in [7, 11) is -3.50. The molecule has 0 aromatic carbocycles. The van der Waals surface area contributed by atoms with E-state index in [1.54, 1.807) is 0 Å². The minimum atomic E-state index is -3.50. The molecule has 0 fully saturated rings. The highest BCUT2D eigenvalue weighted by molar-refractivity contribution is 7.48. The molecule has 0 aliphatic carbocycles. The molecule has 0 spiro atoms. The fourth-order valence-electron chi connectivity index (χ4n) is 5.83. The normalized spacial score (nSPS) is 13.6. The average Bonchev–Trinajstić information content (AvgIpc) is 3.06. The van der Waals surface area contributed by atoms with Crippen LogP contribution in [0.2, 0.25) is 0 Å². The SMILES string of the molecule is CCCCCCCCOP(=O)(OCCCCCCC)OCCCCCCCN(CCO)CCCCCCCC(=O)OC(C)CCCCC. The van der Waals surface area contributed by atoms with E-state index in [1.165, 1.54) is 57.8 Å². The van der Waals surface area contributed by atoms with Crippen molar-refractivity contribution >= 4 is 13.8 Å². The van der Waals surface area contributed by atoms with Gasteiger partial charge < -0.3 is 14.7 Å². The van der Waals surface area contributed by atoms with Crippen LogP contribution in [0.5, 0.6) is 0 Å². The van der Waals surface area contributed by atoms with E-state index >= 15 is 0 Å². The maximum Gasteiger partial charge on any atom is 0.474 e. The van der Waals surface area contributed by atoms with Crippen molar-refractivity contribution in [3.8, 4) is 0 Å². The number of phosphoric acid groups is 1. The number of ether oxygens (including phenoxy) is 1. The van der Waals surface area contributed by atoms with Crippen LogP contribution >= 0.6 is 7.82 Å². The van der Waals surface area contributed by atoms with Crippen molar-refractivity contribution in [1.29, 1.82) is 0 Å². The number of carbonyl (C=O) groups is 1. The lowest BCUT2D eigenvalue weighted by Gasteiger charge is -2.21. The molecule has 0 saturated carbocycles. The number of carbonyl (C=O) groups excluding carboxylic acids is 1. The molecule has 2 unspecified atom stereocenters. The highest BCUT2D eigenvalue weighted by Gasteiger charge is 2.26. The zero-order valence-electron chi connectivity index (χ0n) is 32.2. The van der Waals surface area contributed by atoms with Crippen LogP contribution in [-0.4, -0.2) is 68.1 Å². The van der Waals surface area contributed by atoms with Crippen LogP contribution < -0.4 is 0 Å². The molecular formula is C39H80NO7P. The number of hydrogen-bond donors (Lipinski definition) is 1. The second-order valence-corrected chi connectivity index (χ2v) is 15.4. The number of aliphatic hydroxyl groups is 1. The number of aliphatic hydroxyl groups excluding tert-OH is 1. The molecule has 48 heavy (non-hydrogen) atoms. The summed E-state index contributed by atoms with van der Waals surface area (Å²) in [4.78, 5) is 14.4. The zero-order chi connectivity index (χ0) is 35.4. The van der Waals surface area contributed by atoms with Gasteiger partial charge in [0.05, 0.1) is 32.5 Å². The zero-order valence-corrected chi connectivity index (χ0v) is 33.1. The molecule has 8 nitrogen and oxygen atoms in total. The van der Waals surface area contributed by atoms with Crippen molar-refractivity contribution in [3.63, 3.8) is 0 Å². The van der Waals surface area contributed by atoms with E-state index in [0.29, 0.717) is 26.2 Å². The molecule has 2 atom stereocenters. The van der Waals surface area contributed by atoms with Gasteiger partial charge in [0.15, 0.2) is 0 Å². The first kappa shape index (κ1) is 47.5. The maximum atomic E-state index is 13.3. The van der Waals surface area contributed by atoms with E-state index in [2.05, 4.69) is 25.7 Å². The van der Waals surface area contributed by atoms with Gasteiger partial charge in [-0.1, -0.05) is 130 Å². The van der Waals surface area contributed by atoms with Crippen LogP contribution in [0.3, 0.4) is 0 Å². The van der Waals surface area contributed by atoms with Gasteiger partial charge in [-0.2, -0.15) is 0 Å². The van der Waals surface area contributed by atoms with E-state index in [4.69, 9.17) is 18.3 Å². The summed E-state index contributed by atoms with van der Waals surface area (Å²) in [6, 6.07) is 0. The van der Waals surface area contributed by atoms with Crippen molar-refractivity contribution in [3.05, 3.63) is 0 Å². The fourth-order valence-corrected chi connectivity index (χ4v) is 7.11. The summed E-state index contributed by atoms with van der Waals surface area (Å²) in [6.45, 7) is 12.8. The number of nitrogens with zero attached hydrogens (tertiary/aromatic N) is 1. The van der Waals surface area contributed by atoms with Gasteiger partial charge in [-0.25, -0.2) is 4.57 Å². The maximum absolute atomic E-state index is 13.3. The van der Waals surface area contributed by atoms with Crippen LogP contribution in [0, 0.1) is 0 Å². The molecule has 0 rings (SSSR count). The third-order valence-electron chi connectivity index (χ3n) is 8.93. The second kappa shape index (κ2) is 36.3. The minimum Gasteiger partial charge on any atom is -0.463 e. The summed E-state index contributed by atoms with van der Waals surface area (Å²) in [5, 5.41) is 9.52. The Morgan fingerprint density at radius 1 is 0.562 bits per heavy atom. The van der Waals surface area contributed by atoms with Gasteiger partial charge in [0.2, 0.25) is 0 Å². The highest BCUT2D eigenvalue weighted by Crippen LogP contribution is 2.50. The highest BCUT2D eigenvalue weighted by atomic mass is 31.2. The average molecular weight is 706 g/mol. The van der Waals surface area contributed by atoms with Crippen LogP contribution in [0.25, 0.3) is 0 Å². The number of esters is 1. The Balaban J connectivity index is 4.08. The molecular weight excluding hydrogens is 625 g/mol. The minimum absolute atomic E-state index is 0.0370. The summed E-state index contributed by atoms with van der Waals surface area (Å²) in [5.41, 5.74) is 0. The van der Waals surface area contributed by atoms with Gasteiger partial charge in [0, 0.05) is 13.0 Å². The number of hydrogen-bond acceptors (Lipinski definition) is 8. The lowest BCUT2D eigenvalue weighted by molar-refractivity contribution is -0.148. The Morgan fingerprint density at radius 3 is 1.42 bits per heavy atom. The van der Waals surface area contributed by atoms with Crippen molar-refractivity contribution in [2.24, 2.45) is 0 Å². The molecule has 0 amide bonds. The molecule has 0 aromatic heterocycles. The van der Waals surface area contributed by atoms with Gasteiger partial charge in [-0.05, 0) is 71.4 Å². The first-order valence-corrected chi connectivity index (χ1v) is 21.9. The fraction of sp³-hybridized carbons (Fsp3) is 0.974. The van der Waals surface area contributed by atoms with Gasteiger partial charge >= 0.3 is 13.8 Å². The molecule has 0 bridgehead atoms. The van der Waals surface area contributed by atoms with E-state index in [9.17, 15) is 14.5 Å². The third kappa shape index (κ3) is 32.7. The molecule has 1 N–H and O–H groups in total. The van der Waals surface area contributed by atoms with Crippen molar-refractivity contribution in [2.45, 2.75) is 201 Å². The van der Waals surface area contributed by atoms with Crippen LogP contribution in [-0.2, 0) is 27.7 Å². The first-order valence-electron chi connectivity index (χ1n) is 20.5. The Hall–Kier alpha value is -0.500. The number of unbranched alkanes of at least 4 members (excludes halogenated alkanes) is 19. The molecule has 0 radical (unpaired) electrons. The molecule has 0 aliphatic rings. The smallest absolute Gasteiger partial charge is 0.463 e. The van der Waals surface area contributed by atoms with Crippen LogP contribution in [0.1, 0.15) is 195 Å². The predicted molar refractivity (Wildman–Crippen MR) is 202 cm³/mol. The topological polar surface area (TPSA) is 94.5 Å². The van der Waals surface area contributed by atoms with Crippen molar-refractivity contribution in [1.82, 2.24) is 4.90 Å². The summed E-state index contributed by atoms with van der Waals surface area (Å²) >= 11 is 0. The van der Waals surface area contributed by atoms with Crippen LogP contribution in [0.4, 0.5) is 0 Å². The van der Waals surface area contributed by atoms with Crippen LogP contribution in [0.15, 0.2) is 0 Å². The molecule has 288 valence electrons. The largest absolute Gasteiger partial charge is 0.474 e. The van der Waals surface area contributed by atoms with Crippen molar-refractivity contribution < 1.29 is 32.8 Å². The van der Waals surface area contributed by atoms with Crippen molar-refractivity contribution in [2.75, 3.05) is 46.1 Å². The quantitative estimate of drug-likeness (QED) is 0.0384. The summed E-state index contributed by atoms with van der Waals surface area (Å²) in [5.74, 6) is -0.0500. The first-order chi connectivity index (χ1) is 23.4. The van der Waals surface area contributed by atoms with Gasteiger partial charge in [0.1, 0.15) is 0 Å². The Kier molecular flexibility index (Phi) is 35.9. The monoisotopic (exact) mass is 706 g/mol. The number of phosphoric ester groups is 1. The summed E-state index contributed by atoms with van der Waals surface area (Å²) < 4.78 is 36.0. The Bertz CT molecular complexity index is 726. The standard InChI is InChI=1S/C39H80NO7P/c1-5-8-11-13-20-27-36-45-48(43,44-35-26-19-12-9-6-2)46-37-28-21-15-18-25-32-40(33-34-41)31-24-17-14-16-23-30-39(42)47-38(4)29-22-10-7-3/h38,41H,5-37H2,1-4H3.